The number of hydrogen-bond donors (Lipinski definition) is 2. The molecule has 3 nitrogen and oxygen atoms in total. The van der Waals surface area contributed by atoms with Gasteiger partial charge >= 0.3 is 0 Å². The molecule has 1 unspecified atom stereocenters. The standard InChI is InChI=1S/C12H16Cl3NO2/c1-2-3-16-6-9(17)7-18-12-10(14)4-8(13)5-11(12)15/h4-5,9,16-17H,2-3,6-7H2,1H3. The molecule has 0 fully saturated rings. The van der Waals surface area contributed by atoms with E-state index in [-0.39, 0.29) is 6.61 Å². The predicted molar refractivity (Wildman–Crippen MR) is 76.1 cm³/mol. The molecule has 1 atom stereocenters. The number of halogens is 3. The molecule has 1 aromatic carbocycles. The Morgan fingerprint density at radius 3 is 2.44 bits per heavy atom. The van der Waals surface area contributed by atoms with Crippen LogP contribution in [0.25, 0.3) is 0 Å². The fraction of sp³-hybridized carbons (Fsp3) is 0.500. The average Bonchev–Trinajstić information content (AvgIpc) is 2.27. The first kappa shape index (κ1) is 15.9. The van der Waals surface area contributed by atoms with Gasteiger partial charge in [-0.2, -0.15) is 0 Å². The number of rotatable bonds is 7. The van der Waals surface area contributed by atoms with Crippen LogP contribution >= 0.6 is 34.8 Å². The normalized spacial score (nSPS) is 12.5. The van der Waals surface area contributed by atoms with Crippen LogP contribution in [-0.4, -0.2) is 30.9 Å². The van der Waals surface area contributed by atoms with Crippen molar-refractivity contribution in [2.75, 3.05) is 19.7 Å². The summed E-state index contributed by atoms with van der Waals surface area (Å²) in [5.74, 6) is 0.345. The topological polar surface area (TPSA) is 41.5 Å². The molecule has 6 heteroatoms. The van der Waals surface area contributed by atoms with Gasteiger partial charge in [0.1, 0.15) is 12.7 Å². The maximum Gasteiger partial charge on any atom is 0.156 e. The van der Waals surface area contributed by atoms with Gasteiger partial charge < -0.3 is 15.2 Å². The lowest BCUT2D eigenvalue weighted by atomic mass is 10.3. The third-order valence-corrected chi connectivity index (χ3v) is 2.97. The Labute approximate surface area is 122 Å². The maximum atomic E-state index is 9.67. The molecule has 0 aliphatic rings. The molecule has 0 saturated heterocycles. The molecule has 18 heavy (non-hydrogen) atoms. The van der Waals surface area contributed by atoms with Gasteiger partial charge in [0.25, 0.3) is 0 Å². The second kappa shape index (κ2) is 8.08. The van der Waals surface area contributed by atoms with Crippen molar-refractivity contribution < 1.29 is 9.84 Å². The first-order valence-corrected chi connectivity index (χ1v) is 6.84. The molecule has 0 aliphatic carbocycles. The molecule has 2 N–H and O–H groups in total. The first-order chi connectivity index (χ1) is 8.54. The second-order valence-corrected chi connectivity index (χ2v) is 5.12. The van der Waals surface area contributed by atoms with Crippen molar-refractivity contribution in [1.29, 1.82) is 0 Å². The molecule has 0 spiro atoms. The molecule has 0 aromatic heterocycles. The van der Waals surface area contributed by atoms with Gasteiger partial charge in [0.05, 0.1) is 10.0 Å². The summed E-state index contributed by atoms with van der Waals surface area (Å²) in [6.07, 6.45) is 0.405. The van der Waals surface area contributed by atoms with E-state index in [0.29, 0.717) is 27.4 Å². The van der Waals surface area contributed by atoms with Crippen LogP contribution in [0.4, 0.5) is 0 Å². The number of nitrogens with one attached hydrogen (secondary N) is 1. The summed E-state index contributed by atoms with van der Waals surface area (Å²) in [5.41, 5.74) is 0. The van der Waals surface area contributed by atoms with Crippen LogP contribution in [0.1, 0.15) is 13.3 Å². The maximum absolute atomic E-state index is 9.67. The van der Waals surface area contributed by atoms with Crippen molar-refractivity contribution in [3.8, 4) is 5.75 Å². The first-order valence-electron chi connectivity index (χ1n) is 5.70. The van der Waals surface area contributed by atoms with Gasteiger partial charge in [0.2, 0.25) is 0 Å². The van der Waals surface area contributed by atoms with E-state index in [1.807, 2.05) is 0 Å². The number of aliphatic hydroxyl groups excluding tert-OH is 1. The van der Waals surface area contributed by atoms with Crippen molar-refractivity contribution in [1.82, 2.24) is 5.32 Å². The van der Waals surface area contributed by atoms with Crippen molar-refractivity contribution >= 4 is 34.8 Å². The SMILES string of the molecule is CCCNCC(O)COc1c(Cl)cc(Cl)cc1Cl. The lowest BCUT2D eigenvalue weighted by Gasteiger charge is -2.15. The van der Waals surface area contributed by atoms with Crippen molar-refractivity contribution in [3.05, 3.63) is 27.2 Å². The summed E-state index contributed by atoms with van der Waals surface area (Å²) >= 11 is 17.7. The van der Waals surface area contributed by atoms with Gasteiger partial charge in [0, 0.05) is 11.6 Å². The highest BCUT2D eigenvalue weighted by atomic mass is 35.5. The van der Waals surface area contributed by atoms with E-state index in [9.17, 15) is 5.11 Å². The zero-order valence-corrected chi connectivity index (χ0v) is 12.3. The molecule has 0 aliphatic heterocycles. The summed E-state index contributed by atoms with van der Waals surface area (Å²) < 4.78 is 5.40. The van der Waals surface area contributed by atoms with E-state index in [1.54, 1.807) is 12.1 Å². The average molecular weight is 313 g/mol. The molecular formula is C12H16Cl3NO2. The number of benzene rings is 1. The van der Waals surface area contributed by atoms with Crippen LogP contribution in [0.15, 0.2) is 12.1 Å². The molecule has 1 rings (SSSR count). The van der Waals surface area contributed by atoms with Crippen LogP contribution in [0.2, 0.25) is 15.1 Å². The third kappa shape index (κ3) is 5.21. The van der Waals surface area contributed by atoms with Gasteiger partial charge in [0.15, 0.2) is 5.75 Å². The zero-order chi connectivity index (χ0) is 13.5. The van der Waals surface area contributed by atoms with E-state index in [0.717, 1.165) is 13.0 Å². The van der Waals surface area contributed by atoms with Crippen LogP contribution in [0.5, 0.6) is 5.75 Å². The van der Waals surface area contributed by atoms with Crippen molar-refractivity contribution in [3.63, 3.8) is 0 Å². The van der Waals surface area contributed by atoms with Crippen molar-refractivity contribution in [2.24, 2.45) is 0 Å². The smallest absolute Gasteiger partial charge is 0.156 e. The Morgan fingerprint density at radius 1 is 1.28 bits per heavy atom. The van der Waals surface area contributed by atoms with Crippen LogP contribution in [0, 0.1) is 0 Å². The lowest BCUT2D eigenvalue weighted by Crippen LogP contribution is -2.31. The van der Waals surface area contributed by atoms with Gasteiger partial charge in [-0.3, -0.25) is 0 Å². The van der Waals surface area contributed by atoms with E-state index in [2.05, 4.69) is 12.2 Å². The minimum atomic E-state index is -0.612. The molecule has 0 heterocycles. The van der Waals surface area contributed by atoms with E-state index in [4.69, 9.17) is 39.5 Å². The second-order valence-electron chi connectivity index (χ2n) is 3.87. The lowest BCUT2D eigenvalue weighted by molar-refractivity contribution is 0.107. The molecule has 1 aromatic rings. The third-order valence-electron chi connectivity index (χ3n) is 2.19. The van der Waals surface area contributed by atoms with E-state index >= 15 is 0 Å². The summed E-state index contributed by atoms with van der Waals surface area (Å²) in [4.78, 5) is 0. The minimum absolute atomic E-state index is 0.123. The predicted octanol–water partition coefficient (Wildman–Crippen LogP) is 3.39. The van der Waals surface area contributed by atoms with Crippen molar-refractivity contribution in [2.45, 2.75) is 19.4 Å². The number of ether oxygens (including phenoxy) is 1. The number of aliphatic hydroxyl groups is 1. The fourth-order valence-corrected chi connectivity index (χ4v) is 2.28. The highest BCUT2D eigenvalue weighted by Gasteiger charge is 2.11. The monoisotopic (exact) mass is 311 g/mol. The van der Waals surface area contributed by atoms with Gasteiger partial charge in [-0.15, -0.1) is 0 Å². The van der Waals surface area contributed by atoms with Gasteiger partial charge in [-0.05, 0) is 25.1 Å². The number of hydrogen-bond acceptors (Lipinski definition) is 3. The molecule has 0 amide bonds. The summed E-state index contributed by atoms with van der Waals surface area (Å²) in [7, 11) is 0. The van der Waals surface area contributed by atoms with Gasteiger partial charge in [-0.1, -0.05) is 41.7 Å². The Morgan fingerprint density at radius 2 is 1.89 bits per heavy atom. The van der Waals surface area contributed by atoms with Crippen LogP contribution in [0.3, 0.4) is 0 Å². The molecule has 0 radical (unpaired) electrons. The highest BCUT2D eigenvalue weighted by Crippen LogP contribution is 2.35. The Balaban J connectivity index is 2.48. The van der Waals surface area contributed by atoms with Gasteiger partial charge in [-0.25, -0.2) is 0 Å². The Kier molecular flexibility index (Phi) is 7.12. The molecular weight excluding hydrogens is 296 g/mol. The summed E-state index contributed by atoms with van der Waals surface area (Å²) in [6.45, 7) is 3.51. The summed E-state index contributed by atoms with van der Waals surface area (Å²) in [6, 6.07) is 3.10. The fourth-order valence-electron chi connectivity index (χ4n) is 1.35. The Hall–Kier alpha value is -0.190. The Bertz CT molecular complexity index is 365. The molecule has 0 saturated carbocycles. The van der Waals surface area contributed by atoms with E-state index in [1.165, 1.54) is 0 Å². The quantitative estimate of drug-likeness (QED) is 0.758. The molecule has 102 valence electrons. The molecule has 0 bridgehead atoms. The van der Waals surface area contributed by atoms with Crippen LogP contribution < -0.4 is 10.1 Å². The largest absolute Gasteiger partial charge is 0.488 e. The minimum Gasteiger partial charge on any atom is -0.488 e. The van der Waals surface area contributed by atoms with Crippen LogP contribution in [-0.2, 0) is 0 Å². The zero-order valence-electron chi connectivity index (χ0n) is 10.0. The highest BCUT2D eigenvalue weighted by molar-refractivity contribution is 6.40. The summed E-state index contributed by atoms with van der Waals surface area (Å²) in [5, 5.41) is 13.9. The van der Waals surface area contributed by atoms with E-state index < -0.39 is 6.10 Å².